The maximum Gasteiger partial charge on any atom is 0.309 e. The fraction of sp³-hybridized carbons (Fsp3) is 0.688. The molecule has 1 heterocycles. The Hall–Kier alpha value is -3.64. The van der Waals surface area contributed by atoms with E-state index in [1.807, 2.05) is 19.1 Å². The number of nitrogens with one attached hydrogen (secondary N) is 1. The number of allylic oxidation sites excluding steroid dienone is 4. The van der Waals surface area contributed by atoms with Crippen LogP contribution in [0.2, 0.25) is 0 Å². The predicted molar refractivity (Wildman–Crippen MR) is 221 cm³/mol. The highest BCUT2D eigenvalue weighted by atomic mass is 16.5. The van der Waals surface area contributed by atoms with Gasteiger partial charge in [0.1, 0.15) is 17.5 Å². The molecule has 5 aliphatic carbocycles. The Labute approximate surface area is 336 Å². The van der Waals surface area contributed by atoms with Crippen LogP contribution in [-0.2, 0) is 19.1 Å². The standard InChI is InChI=1S/C48H68N2O6/c1-13-14-35(33-17-15-31(54-12)28-50-33)56-39(49)27-48-24-23-46(10)32(41(48)40(29(2)3)34(51)26-48)16-18-37-45(9)21-20-38(55-30(4)25-43(5,6)42(52)53)44(7,8)36(45)19-22-47(37,46)11/h13,15,17,28-29,32,36-38,49H,4,16,18-27H2,1-3,5-12H3,(H,52,53)/t14?,32-,36+,37-,38+,45+,46-,47?,48?/m1/s1. The molecule has 6 rings (SSSR count). The summed E-state index contributed by atoms with van der Waals surface area (Å²) in [5.74, 6) is 2.56. The topological polar surface area (TPSA) is 119 Å². The smallest absolute Gasteiger partial charge is 0.309 e. The molecule has 0 aromatic carbocycles. The molecule has 0 spiro atoms. The summed E-state index contributed by atoms with van der Waals surface area (Å²) < 4.78 is 18.2. The lowest BCUT2D eigenvalue weighted by molar-refractivity contribution is -0.230. The van der Waals surface area contributed by atoms with Gasteiger partial charge in [0.05, 0.1) is 24.5 Å². The number of carbonyl (C=O) groups excluding carboxylic acids is 1. The van der Waals surface area contributed by atoms with Gasteiger partial charge in [-0.25, -0.2) is 4.98 Å². The van der Waals surface area contributed by atoms with Gasteiger partial charge in [0, 0.05) is 30.1 Å². The Morgan fingerprint density at radius 3 is 2.38 bits per heavy atom. The summed E-state index contributed by atoms with van der Waals surface area (Å²) >= 11 is 0. The maximum absolute atomic E-state index is 14.2. The average Bonchev–Trinajstić information content (AvgIpc) is 3.41. The van der Waals surface area contributed by atoms with E-state index in [9.17, 15) is 20.1 Å². The number of aromatic nitrogens is 1. The molecule has 4 saturated carbocycles. The van der Waals surface area contributed by atoms with Gasteiger partial charge in [-0.3, -0.25) is 15.0 Å². The highest BCUT2D eigenvalue weighted by molar-refractivity contribution is 6.01. The molecule has 0 saturated heterocycles. The van der Waals surface area contributed by atoms with Gasteiger partial charge < -0.3 is 19.3 Å². The summed E-state index contributed by atoms with van der Waals surface area (Å²) in [7, 11) is 1.60. The molecule has 0 radical (unpaired) electrons. The number of methoxy groups -OCH3 is 1. The van der Waals surface area contributed by atoms with Crippen molar-refractivity contribution in [1.82, 2.24) is 4.98 Å². The second-order valence-electron chi connectivity index (χ2n) is 20.4. The van der Waals surface area contributed by atoms with Gasteiger partial charge in [-0.15, -0.1) is 0 Å². The number of rotatable bonds is 11. The summed E-state index contributed by atoms with van der Waals surface area (Å²) in [6.07, 6.45) is 12.8. The minimum Gasteiger partial charge on any atom is -0.495 e. The van der Waals surface area contributed by atoms with Crippen molar-refractivity contribution in [2.24, 2.45) is 56.2 Å². The first kappa shape index (κ1) is 42.0. The molecule has 8 atom stereocenters. The van der Waals surface area contributed by atoms with Crippen LogP contribution in [-0.4, -0.2) is 41.0 Å². The number of hydrogen-bond donors (Lipinski definition) is 2. The van der Waals surface area contributed by atoms with Crippen molar-refractivity contribution in [2.45, 2.75) is 146 Å². The number of Topliss-reactive ketones (excluding diaryl/α,β-unsaturated/α-hetero) is 1. The molecule has 2 unspecified atom stereocenters. The van der Waals surface area contributed by atoms with Crippen molar-refractivity contribution < 1.29 is 28.9 Å². The highest BCUT2D eigenvalue weighted by Crippen LogP contribution is 2.77. The number of nitrogens with zero attached hydrogens (tertiary/aromatic N) is 1. The molecule has 8 heteroatoms. The molecular formula is C48H68N2O6. The van der Waals surface area contributed by atoms with E-state index >= 15 is 0 Å². The zero-order valence-corrected chi connectivity index (χ0v) is 36.1. The van der Waals surface area contributed by atoms with Crippen molar-refractivity contribution in [2.75, 3.05) is 7.11 Å². The van der Waals surface area contributed by atoms with E-state index in [0.29, 0.717) is 54.1 Å². The number of carboxylic acids is 1. The van der Waals surface area contributed by atoms with Crippen LogP contribution in [0.4, 0.5) is 0 Å². The van der Waals surface area contributed by atoms with E-state index in [4.69, 9.17) is 14.2 Å². The lowest BCUT2D eigenvalue weighted by Crippen LogP contribution is -2.65. The van der Waals surface area contributed by atoms with Gasteiger partial charge in [0.2, 0.25) is 0 Å². The number of fused-ring (bicyclic) bond motifs is 7. The van der Waals surface area contributed by atoms with Gasteiger partial charge in [-0.1, -0.05) is 66.3 Å². The second-order valence-corrected chi connectivity index (χ2v) is 20.4. The third kappa shape index (κ3) is 6.70. The molecule has 8 nitrogen and oxygen atoms in total. The quantitative estimate of drug-likeness (QED) is 0.0995. The molecular weight excluding hydrogens is 701 g/mol. The molecule has 56 heavy (non-hydrogen) atoms. The van der Waals surface area contributed by atoms with Crippen molar-refractivity contribution >= 4 is 23.4 Å². The van der Waals surface area contributed by atoms with Crippen molar-refractivity contribution in [3.63, 3.8) is 0 Å². The van der Waals surface area contributed by atoms with Gasteiger partial charge in [-0.2, -0.15) is 0 Å². The number of carboxylic acid groups (broad SMARTS) is 1. The number of carbonyl (C=O) groups is 2. The Morgan fingerprint density at radius 2 is 1.77 bits per heavy atom. The number of ether oxygens (including phenoxy) is 3. The van der Waals surface area contributed by atoms with Crippen LogP contribution in [0.15, 0.2) is 53.6 Å². The van der Waals surface area contributed by atoms with E-state index in [1.54, 1.807) is 33.2 Å². The second kappa shape index (κ2) is 14.6. The lowest BCUT2D eigenvalue weighted by atomic mass is 9.33. The van der Waals surface area contributed by atoms with E-state index in [0.717, 1.165) is 56.9 Å². The maximum atomic E-state index is 14.2. The average molecular weight is 769 g/mol. The van der Waals surface area contributed by atoms with E-state index in [2.05, 4.69) is 65.8 Å². The molecule has 5 aliphatic rings. The van der Waals surface area contributed by atoms with Crippen LogP contribution in [0.5, 0.6) is 5.75 Å². The molecule has 1 aromatic rings. The van der Waals surface area contributed by atoms with Crippen LogP contribution in [0.25, 0.3) is 5.76 Å². The van der Waals surface area contributed by atoms with E-state index in [1.165, 1.54) is 5.57 Å². The fourth-order valence-electron chi connectivity index (χ4n) is 13.3. The van der Waals surface area contributed by atoms with Crippen LogP contribution >= 0.6 is 0 Å². The van der Waals surface area contributed by atoms with Crippen molar-refractivity contribution in [1.29, 1.82) is 5.41 Å². The van der Waals surface area contributed by atoms with Crippen LogP contribution in [0.3, 0.4) is 0 Å². The van der Waals surface area contributed by atoms with E-state index < -0.39 is 16.8 Å². The minimum absolute atomic E-state index is 0.00581. The number of ketones is 1. The number of hydrogen-bond acceptors (Lipinski definition) is 7. The third-order valence-electron chi connectivity index (χ3n) is 16.2. The normalized spacial score (nSPS) is 34.6. The van der Waals surface area contributed by atoms with Gasteiger partial charge in [0.15, 0.2) is 17.4 Å². The SMILES string of the molecule is C=C(CC(C)(C)C(=O)O)O[C@H]1CC[C@@]2(C)[C@@H](CCC3(C)[C@@H]2CC[C@@H]2C4=C(C(C)C)C(=O)CC4(CC(=N)OC(=C=CC)c4ccc(OC)cn4)CC[C@]23C)C1(C)C. The first-order chi connectivity index (χ1) is 26.1. The Kier molecular flexibility index (Phi) is 11.0. The lowest BCUT2D eigenvalue weighted by Gasteiger charge is -2.72. The van der Waals surface area contributed by atoms with E-state index in [-0.39, 0.29) is 51.3 Å². The molecule has 2 N–H and O–H groups in total. The molecule has 0 amide bonds. The van der Waals surface area contributed by atoms with Crippen LogP contribution < -0.4 is 4.74 Å². The monoisotopic (exact) mass is 769 g/mol. The largest absolute Gasteiger partial charge is 0.495 e. The van der Waals surface area contributed by atoms with Gasteiger partial charge in [0.25, 0.3) is 0 Å². The highest BCUT2D eigenvalue weighted by Gasteiger charge is 2.70. The van der Waals surface area contributed by atoms with Gasteiger partial charge in [-0.05, 0) is 136 Å². The Balaban J connectivity index is 1.27. The van der Waals surface area contributed by atoms with Gasteiger partial charge >= 0.3 is 5.97 Å². The predicted octanol–water partition coefficient (Wildman–Crippen LogP) is 11.4. The zero-order chi connectivity index (χ0) is 41.2. The molecule has 306 valence electrons. The summed E-state index contributed by atoms with van der Waals surface area (Å²) in [6.45, 7) is 26.4. The number of pyridine rings is 1. The fourth-order valence-corrected chi connectivity index (χ4v) is 13.3. The third-order valence-corrected chi connectivity index (χ3v) is 16.2. The Bertz CT molecular complexity index is 1860. The van der Waals surface area contributed by atoms with Crippen molar-refractivity contribution in [3.05, 3.63) is 59.3 Å². The molecule has 0 aliphatic heterocycles. The van der Waals surface area contributed by atoms with Crippen LogP contribution in [0, 0.1) is 61.6 Å². The summed E-state index contributed by atoms with van der Waals surface area (Å²) in [6, 6.07) is 3.64. The first-order valence-electron chi connectivity index (χ1n) is 21.1. The molecule has 0 bridgehead atoms. The summed E-state index contributed by atoms with van der Waals surface area (Å²) in [5.41, 5.74) is 4.85. The summed E-state index contributed by atoms with van der Waals surface area (Å²) in [5, 5.41) is 19.0. The summed E-state index contributed by atoms with van der Waals surface area (Å²) in [4.78, 5) is 30.6. The minimum atomic E-state index is -0.925. The van der Waals surface area contributed by atoms with Crippen molar-refractivity contribution in [3.8, 4) is 5.75 Å². The Morgan fingerprint density at radius 1 is 1.05 bits per heavy atom. The zero-order valence-electron chi connectivity index (χ0n) is 36.1. The number of aliphatic carboxylic acids is 1. The molecule has 4 fully saturated rings. The van der Waals surface area contributed by atoms with Crippen LogP contribution in [0.1, 0.15) is 146 Å². The first-order valence-corrected chi connectivity index (χ1v) is 21.1. The molecule has 1 aromatic heterocycles.